The molecule has 1 saturated carbocycles. The summed E-state index contributed by atoms with van der Waals surface area (Å²) in [7, 11) is 0. The Morgan fingerprint density at radius 2 is 2.17 bits per heavy atom. The molecule has 1 fully saturated rings. The van der Waals surface area contributed by atoms with Crippen molar-refractivity contribution in [2.24, 2.45) is 5.41 Å². The van der Waals surface area contributed by atoms with Crippen LogP contribution in [0.4, 0.5) is 0 Å². The second-order valence-electron chi connectivity index (χ2n) is 6.42. The summed E-state index contributed by atoms with van der Waals surface area (Å²) in [5.74, 6) is 0. The van der Waals surface area contributed by atoms with Gasteiger partial charge in [-0.25, -0.2) is 0 Å². The average molecular weight is 266 g/mol. The SMILES string of the molecule is Cc1ccc(CNC2CCCC(C)(C)C2)cc1Cl. The van der Waals surface area contributed by atoms with Gasteiger partial charge in [0.2, 0.25) is 0 Å². The zero-order chi connectivity index (χ0) is 13.2. The van der Waals surface area contributed by atoms with Crippen LogP contribution in [-0.2, 0) is 6.54 Å². The van der Waals surface area contributed by atoms with E-state index in [1.165, 1.54) is 31.2 Å². The van der Waals surface area contributed by atoms with Gasteiger partial charge in [0.1, 0.15) is 0 Å². The van der Waals surface area contributed by atoms with E-state index in [1.54, 1.807) is 0 Å². The molecule has 0 spiro atoms. The minimum absolute atomic E-state index is 0.501. The molecule has 1 aromatic rings. The predicted octanol–water partition coefficient (Wildman–Crippen LogP) is 4.71. The smallest absolute Gasteiger partial charge is 0.0438 e. The lowest BCUT2D eigenvalue weighted by molar-refractivity contribution is 0.198. The van der Waals surface area contributed by atoms with Crippen LogP contribution in [0.25, 0.3) is 0 Å². The first-order valence-electron chi connectivity index (χ1n) is 6.95. The molecule has 1 nitrogen and oxygen atoms in total. The van der Waals surface area contributed by atoms with E-state index in [0.29, 0.717) is 11.5 Å². The third kappa shape index (κ3) is 3.73. The lowest BCUT2D eigenvalue weighted by Gasteiger charge is -2.35. The van der Waals surface area contributed by atoms with E-state index in [2.05, 4.69) is 37.4 Å². The molecule has 1 aromatic carbocycles. The fourth-order valence-electron chi connectivity index (χ4n) is 2.88. The molecule has 1 N–H and O–H groups in total. The zero-order valence-electron chi connectivity index (χ0n) is 11.7. The number of aryl methyl sites for hydroxylation is 1. The van der Waals surface area contributed by atoms with Crippen molar-refractivity contribution in [2.75, 3.05) is 0 Å². The standard InChI is InChI=1S/C16H24ClN/c1-12-6-7-13(9-15(12)17)11-18-14-5-4-8-16(2,3)10-14/h6-7,9,14,18H,4-5,8,10-11H2,1-3H3. The Hall–Kier alpha value is -0.530. The number of nitrogens with one attached hydrogen (secondary N) is 1. The van der Waals surface area contributed by atoms with Gasteiger partial charge >= 0.3 is 0 Å². The molecule has 18 heavy (non-hydrogen) atoms. The van der Waals surface area contributed by atoms with Crippen LogP contribution in [0.1, 0.15) is 50.7 Å². The van der Waals surface area contributed by atoms with Gasteiger partial charge in [-0.05, 0) is 48.8 Å². The number of halogens is 1. The minimum Gasteiger partial charge on any atom is -0.310 e. The maximum Gasteiger partial charge on any atom is 0.0438 e. The van der Waals surface area contributed by atoms with Crippen molar-refractivity contribution in [3.05, 3.63) is 34.3 Å². The number of rotatable bonds is 3. The second-order valence-corrected chi connectivity index (χ2v) is 6.83. The fraction of sp³-hybridized carbons (Fsp3) is 0.625. The van der Waals surface area contributed by atoms with Crippen LogP contribution in [0.15, 0.2) is 18.2 Å². The maximum atomic E-state index is 6.15. The van der Waals surface area contributed by atoms with Gasteiger partial charge in [0.15, 0.2) is 0 Å². The number of benzene rings is 1. The summed E-state index contributed by atoms with van der Waals surface area (Å²) in [6, 6.07) is 7.01. The van der Waals surface area contributed by atoms with Gasteiger partial charge < -0.3 is 5.32 Å². The van der Waals surface area contributed by atoms with E-state index < -0.39 is 0 Å². The van der Waals surface area contributed by atoms with Crippen molar-refractivity contribution in [1.29, 1.82) is 0 Å². The van der Waals surface area contributed by atoms with E-state index in [1.807, 2.05) is 6.92 Å². The number of hydrogen-bond donors (Lipinski definition) is 1. The summed E-state index contributed by atoms with van der Waals surface area (Å²) in [6.07, 6.45) is 5.30. The van der Waals surface area contributed by atoms with E-state index in [0.717, 1.165) is 17.1 Å². The van der Waals surface area contributed by atoms with Gasteiger partial charge in [-0.3, -0.25) is 0 Å². The first-order valence-corrected chi connectivity index (χ1v) is 7.32. The molecular formula is C16H24ClN. The summed E-state index contributed by atoms with van der Waals surface area (Å²) in [4.78, 5) is 0. The van der Waals surface area contributed by atoms with Crippen molar-refractivity contribution in [3.63, 3.8) is 0 Å². The van der Waals surface area contributed by atoms with Gasteiger partial charge in [-0.15, -0.1) is 0 Å². The monoisotopic (exact) mass is 265 g/mol. The third-order valence-electron chi connectivity index (χ3n) is 4.04. The molecule has 0 radical (unpaired) electrons. The summed E-state index contributed by atoms with van der Waals surface area (Å²) in [5, 5.41) is 4.55. The molecule has 0 heterocycles. The average Bonchev–Trinajstić information content (AvgIpc) is 2.29. The molecular weight excluding hydrogens is 242 g/mol. The Balaban J connectivity index is 1.89. The van der Waals surface area contributed by atoms with E-state index in [9.17, 15) is 0 Å². The first kappa shape index (κ1) is 13.9. The largest absolute Gasteiger partial charge is 0.310 e. The Labute approximate surface area is 116 Å². The van der Waals surface area contributed by atoms with Crippen molar-refractivity contribution in [2.45, 2.75) is 59.0 Å². The molecule has 1 aliphatic rings. The highest BCUT2D eigenvalue weighted by Crippen LogP contribution is 2.35. The third-order valence-corrected chi connectivity index (χ3v) is 4.44. The molecule has 1 aliphatic carbocycles. The van der Waals surface area contributed by atoms with Gasteiger partial charge in [-0.2, -0.15) is 0 Å². The minimum atomic E-state index is 0.501. The van der Waals surface area contributed by atoms with Crippen LogP contribution in [0.5, 0.6) is 0 Å². The molecule has 0 bridgehead atoms. The molecule has 1 atom stereocenters. The van der Waals surface area contributed by atoms with Crippen LogP contribution in [0, 0.1) is 12.3 Å². The van der Waals surface area contributed by atoms with E-state index in [4.69, 9.17) is 11.6 Å². The molecule has 0 saturated heterocycles. The quantitative estimate of drug-likeness (QED) is 0.835. The number of hydrogen-bond acceptors (Lipinski definition) is 1. The Bertz CT molecular complexity index is 412. The van der Waals surface area contributed by atoms with Crippen LogP contribution in [-0.4, -0.2) is 6.04 Å². The molecule has 0 aliphatic heterocycles. The Morgan fingerprint density at radius 1 is 1.39 bits per heavy atom. The van der Waals surface area contributed by atoms with Crippen molar-refractivity contribution >= 4 is 11.6 Å². The normalized spacial score (nSPS) is 23.0. The molecule has 2 heteroatoms. The molecule has 1 unspecified atom stereocenters. The maximum absolute atomic E-state index is 6.15. The van der Waals surface area contributed by atoms with Gasteiger partial charge in [0.05, 0.1) is 0 Å². The fourth-order valence-corrected chi connectivity index (χ4v) is 3.08. The van der Waals surface area contributed by atoms with Crippen LogP contribution in [0.2, 0.25) is 5.02 Å². The second kappa shape index (κ2) is 5.63. The Morgan fingerprint density at radius 3 is 2.83 bits per heavy atom. The van der Waals surface area contributed by atoms with Gasteiger partial charge in [0.25, 0.3) is 0 Å². The van der Waals surface area contributed by atoms with Gasteiger partial charge in [-0.1, -0.05) is 44.0 Å². The summed E-state index contributed by atoms with van der Waals surface area (Å²) >= 11 is 6.15. The highest BCUT2D eigenvalue weighted by Gasteiger charge is 2.27. The summed E-state index contributed by atoms with van der Waals surface area (Å²) < 4.78 is 0. The summed E-state index contributed by atoms with van der Waals surface area (Å²) in [6.45, 7) is 7.73. The lowest BCUT2D eigenvalue weighted by atomic mass is 9.75. The predicted molar refractivity (Wildman–Crippen MR) is 79.1 cm³/mol. The topological polar surface area (TPSA) is 12.0 Å². The van der Waals surface area contributed by atoms with Crippen LogP contribution < -0.4 is 5.32 Å². The first-order chi connectivity index (χ1) is 8.46. The molecule has 100 valence electrons. The van der Waals surface area contributed by atoms with Crippen molar-refractivity contribution in [1.82, 2.24) is 5.32 Å². The molecule has 0 aromatic heterocycles. The Kier molecular flexibility index (Phi) is 4.34. The van der Waals surface area contributed by atoms with E-state index in [-0.39, 0.29) is 0 Å². The van der Waals surface area contributed by atoms with Gasteiger partial charge in [0, 0.05) is 17.6 Å². The zero-order valence-corrected chi connectivity index (χ0v) is 12.5. The van der Waals surface area contributed by atoms with Crippen LogP contribution >= 0.6 is 11.6 Å². The van der Waals surface area contributed by atoms with Crippen molar-refractivity contribution < 1.29 is 0 Å². The lowest BCUT2D eigenvalue weighted by Crippen LogP contribution is -2.36. The van der Waals surface area contributed by atoms with Crippen LogP contribution in [0.3, 0.4) is 0 Å². The summed E-state index contributed by atoms with van der Waals surface area (Å²) in [5.41, 5.74) is 2.94. The molecule has 2 rings (SSSR count). The highest BCUT2D eigenvalue weighted by atomic mass is 35.5. The van der Waals surface area contributed by atoms with E-state index >= 15 is 0 Å². The molecule has 0 amide bonds. The highest BCUT2D eigenvalue weighted by molar-refractivity contribution is 6.31. The van der Waals surface area contributed by atoms with Crippen molar-refractivity contribution in [3.8, 4) is 0 Å².